The first-order valence-electron chi connectivity index (χ1n) is 6.59. The lowest BCUT2D eigenvalue weighted by Gasteiger charge is -2.03. The summed E-state index contributed by atoms with van der Waals surface area (Å²) in [7, 11) is 0. The summed E-state index contributed by atoms with van der Waals surface area (Å²) in [6.07, 6.45) is 1.98. The van der Waals surface area contributed by atoms with Crippen LogP contribution in [0, 0.1) is 0 Å². The van der Waals surface area contributed by atoms with Crippen molar-refractivity contribution in [3.63, 3.8) is 0 Å². The number of benzene rings is 1. The summed E-state index contributed by atoms with van der Waals surface area (Å²) in [6.45, 7) is 2.39. The van der Waals surface area contributed by atoms with E-state index in [-0.39, 0.29) is 5.56 Å². The second-order valence-corrected chi connectivity index (χ2v) is 4.60. The number of carboxylic acid groups (broad SMARTS) is 1. The van der Waals surface area contributed by atoms with Gasteiger partial charge in [0.25, 0.3) is 0 Å². The molecule has 0 aliphatic rings. The number of aryl methyl sites for hydroxylation is 1. The van der Waals surface area contributed by atoms with E-state index in [4.69, 9.17) is 13.9 Å². The predicted octanol–water partition coefficient (Wildman–Crippen LogP) is 3.29. The van der Waals surface area contributed by atoms with Crippen molar-refractivity contribution in [3.05, 3.63) is 47.7 Å². The molecule has 2 heterocycles. The fraction of sp³-hybridized carbons (Fsp3) is 0.200. The van der Waals surface area contributed by atoms with Crippen molar-refractivity contribution in [2.45, 2.75) is 19.9 Å². The highest BCUT2D eigenvalue weighted by Gasteiger charge is 2.09. The molecule has 2 N–H and O–H groups in total. The summed E-state index contributed by atoms with van der Waals surface area (Å²) in [5.41, 5.74) is 2.56. The highest BCUT2D eigenvalue weighted by atomic mass is 16.4. The van der Waals surface area contributed by atoms with Crippen LogP contribution in [0.15, 0.2) is 39.4 Å². The second kappa shape index (κ2) is 5.32. The fourth-order valence-electron chi connectivity index (χ4n) is 2.01. The minimum absolute atomic E-state index is 0.145. The van der Waals surface area contributed by atoms with E-state index in [9.17, 15) is 4.79 Å². The molecule has 0 saturated carbocycles. The normalized spacial score (nSPS) is 10.9. The number of rotatable bonds is 5. The highest BCUT2D eigenvalue weighted by Crippen LogP contribution is 2.21. The minimum atomic E-state index is -0.999. The molecule has 0 bridgehead atoms. The van der Waals surface area contributed by atoms with Crippen LogP contribution < -0.4 is 5.32 Å². The van der Waals surface area contributed by atoms with Gasteiger partial charge in [-0.15, -0.1) is 0 Å². The molecule has 6 nitrogen and oxygen atoms in total. The van der Waals surface area contributed by atoms with Crippen molar-refractivity contribution in [2.75, 3.05) is 5.32 Å². The zero-order chi connectivity index (χ0) is 14.8. The maximum atomic E-state index is 10.8. The average molecular weight is 286 g/mol. The monoisotopic (exact) mass is 286 g/mol. The molecule has 0 amide bonds. The Hall–Kier alpha value is -2.76. The Bertz CT molecular complexity index is 788. The van der Waals surface area contributed by atoms with Gasteiger partial charge in [0, 0.05) is 12.1 Å². The van der Waals surface area contributed by atoms with E-state index < -0.39 is 5.97 Å². The molecular formula is C15H14N2O4. The van der Waals surface area contributed by atoms with Gasteiger partial charge in [0.2, 0.25) is 0 Å². The molecule has 0 aliphatic carbocycles. The van der Waals surface area contributed by atoms with Crippen molar-refractivity contribution in [2.24, 2.45) is 0 Å². The first kappa shape index (κ1) is 13.2. The van der Waals surface area contributed by atoms with Crippen LogP contribution in [-0.4, -0.2) is 16.1 Å². The topological polar surface area (TPSA) is 88.5 Å². The van der Waals surface area contributed by atoms with Gasteiger partial charge in [0.05, 0.1) is 12.1 Å². The molecule has 21 heavy (non-hydrogen) atoms. The van der Waals surface area contributed by atoms with Crippen molar-refractivity contribution >= 4 is 22.8 Å². The van der Waals surface area contributed by atoms with E-state index in [2.05, 4.69) is 10.3 Å². The number of aromatic carboxylic acids is 1. The van der Waals surface area contributed by atoms with E-state index in [1.807, 2.05) is 25.1 Å². The Kier molecular flexibility index (Phi) is 3.35. The Balaban J connectivity index is 1.73. The number of nitrogens with zero attached hydrogens (tertiary/aromatic N) is 1. The van der Waals surface area contributed by atoms with Gasteiger partial charge in [-0.05, 0) is 24.3 Å². The van der Waals surface area contributed by atoms with E-state index in [1.165, 1.54) is 12.3 Å². The summed E-state index contributed by atoms with van der Waals surface area (Å²) in [4.78, 5) is 15.1. The molecule has 0 saturated heterocycles. The lowest BCUT2D eigenvalue weighted by atomic mass is 10.2. The Morgan fingerprint density at radius 2 is 2.24 bits per heavy atom. The number of furan rings is 1. The molecule has 0 aliphatic heterocycles. The Morgan fingerprint density at radius 1 is 1.38 bits per heavy atom. The summed E-state index contributed by atoms with van der Waals surface area (Å²) in [5.74, 6) is 0.266. The summed E-state index contributed by atoms with van der Waals surface area (Å²) < 4.78 is 10.7. The van der Waals surface area contributed by atoms with Gasteiger partial charge >= 0.3 is 5.97 Å². The summed E-state index contributed by atoms with van der Waals surface area (Å²) in [5, 5.41) is 12.0. The molecule has 0 unspecified atom stereocenters. The van der Waals surface area contributed by atoms with E-state index in [1.54, 1.807) is 0 Å². The molecule has 3 aromatic rings. The summed E-state index contributed by atoms with van der Waals surface area (Å²) in [6, 6.07) is 7.13. The number of fused-ring (bicyclic) bond motifs is 1. The van der Waals surface area contributed by atoms with Gasteiger partial charge in [-0.1, -0.05) is 6.92 Å². The third-order valence-corrected chi connectivity index (χ3v) is 3.10. The van der Waals surface area contributed by atoms with Crippen molar-refractivity contribution in [3.8, 4) is 0 Å². The van der Waals surface area contributed by atoms with E-state index in [0.29, 0.717) is 18.2 Å². The van der Waals surface area contributed by atoms with Crippen LogP contribution in [-0.2, 0) is 13.0 Å². The first-order chi connectivity index (χ1) is 10.2. The molecule has 1 aromatic carbocycles. The van der Waals surface area contributed by atoms with Crippen LogP contribution in [0.3, 0.4) is 0 Å². The van der Waals surface area contributed by atoms with Crippen molar-refractivity contribution in [1.29, 1.82) is 0 Å². The number of hydrogen-bond donors (Lipinski definition) is 2. The number of carbonyl (C=O) groups is 1. The second-order valence-electron chi connectivity index (χ2n) is 4.60. The zero-order valence-corrected chi connectivity index (χ0v) is 11.4. The molecule has 0 atom stereocenters. The largest absolute Gasteiger partial charge is 0.478 e. The van der Waals surface area contributed by atoms with Gasteiger partial charge < -0.3 is 19.3 Å². The smallest absolute Gasteiger partial charge is 0.338 e. The number of anilines is 1. The highest BCUT2D eigenvalue weighted by molar-refractivity contribution is 5.87. The molecule has 108 valence electrons. The molecule has 0 fully saturated rings. The number of oxazole rings is 1. The predicted molar refractivity (Wildman–Crippen MR) is 76.4 cm³/mol. The molecule has 0 spiro atoms. The van der Waals surface area contributed by atoms with Crippen LogP contribution in [0.25, 0.3) is 11.1 Å². The van der Waals surface area contributed by atoms with Gasteiger partial charge in [-0.3, -0.25) is 0 Å². The lowest BCUT2D eigenvalue weighted by molar-refractivity contribution is 0.0696. The fourth-order valence-corrected chi connectivity index (χ4v) is 2.01. The number of aromatic nitrogens is 1. The van der Waals surface area contributed by atoms with Gasteiger partial charge in [0.1, 0.15) is 17.5 Å². The maximum absolute atomic E-state index is 10.8. The third-order valence-electron chi connectivity index (χ3n) is 3.10. The minimum Gasteiger partial charge on any atom is -0.478 e. The van der Waals surface area contributed by atoms with Gasteiger partial charge in [-0.2, -0.15) is 0 Å². The summed E-state index contributed by atoms with van der Waals surface area (Å²) >= 11 is 0. The lowest BCUT2D eigenvalue weighted by Crippen LogP contribution is -1.98. The van der Waals surface area contributed by atoms with Gasteiger partial charge in [0.15, 0.2) is 11.5 Å². The standard InChI is InChI=1S/C15H14N2O4/c1-2-14-17-12-6-10(3-4-13(12)21-14)16-7-11-5-9(8-20-11)15(18)19/h3-6,8,16H,2,7H2,1H3,(H,18,19). The molecule has 0 radical (unpaired) electrons. The zero-order valence-electron chi connectivity index (χ0n) is 11.4. The number of hydrogen-bond acceptors (Lipinski definition) is 5. The Morgan fingerprint density at radius 3 is 2.95 bits per heavy atom. The van der Waals surface area contributed by atoms with Crippen LogP contribution in [0.1, 0.15) is 28.9 Å². The molecular weight excluding hydrogens is 272 g/mol. The van der Waals surface area contributed by atoms with Crippen LogP contribution in [0.5, 0.6) is 0 Å². The van der Waals surface area contributed by atoms with Crippen LogP contribution >= 0.6 is 0 Å². The van der Waals surface area contributed by atoms with E-state index in [0.717, 1.165) is 23.2 Å². The van der Waals surface area contributed by atoms with Crippen LogP contribution in [0.2, 0.25) is 0 Å². The van der Waals surface area contributed by atoms with Crippen LogP contribution in [0.4, 0.5) is 5.69 Å². The number of nitrogens with one attached hydrogen (secondary N) is 1. The SMILES string of the molecule is CCc1nc2cc(NCc3cc(C(=O)O)co3)ccc2o1. The third kappa shape index (κ3) is 2.74. The first-order valence-corrected chi connectivity index (χ1v) is 6.59. The average Bonchev–Trinajstić information content (AvgIpc) is 3.10. The van der Waals surface area contributed by atoms with E-state index >= 15 is 0 Å². The molecule has 6 heteroatoms. The van der Waals surface area contributed by atoms with Crippen molar-refractivity contribution in [1.82, 2.24) is 4.98 Å². The maximum Gasteiger partial charge on any atom is 0.338 e. The quantitative estimate of drug-likeness (QED) is 0.748. The molecule has 2 aromatic heterocycles. The van der Waals surface area contributed by atoms with Crippen molar-refractivity contribution < 1.29 is 18.7 Å². The molecule has 3 rings (SSSR count). The Labute approximate surface area is 120 Å². The van der Waals surface area contributed by atoms with Gasteiger partial charge in [-0.25, -0.2) is 9.78 Å². The number of carboxylic acids is 1.